The molecule has 1 aromatic heterocycles. The third kappa shape index (κ3) is 4.27. The monoisotopic (exact) mass is 403 g/mol. The molecule has 3 aromatic rings. The molecule has 0 saturated carbocycles. The van der Waals surface area contributed by atoms with Crippen molar-refractivity contribution < 1.29 is 9.53 Å². The van der Waals surface area contributed by atoms with Crippen LogP contribution in [0.1, 0.15) is 37.6 Å². The number of para-hydroxylation sites is 1. The number of aromatic nitrogens is 2. The van der Waals surface area contributed by atoms with E-state index < -0.39 is 0 Å². The van der Waals surface area contributed by atoms with Crippen molar-refractivity contribution in [1.29, 1.82) is 0 Å². The maximum absolute atomic E-state index is 13.0. The number of rotatable bonds is 5. The maximum Gasteiger partial charge on any atom is 0.261 e. The van der Waals surface area contributed by atoms with Gasteiger partial charge in [0.1, 0.15) is 11.6 Å². The maximum atomic E-state index is 13.0. The van der Waals surface area contributed by atoms with Gasteiger partial charge in [-0.3, -0.25) is 14.2 Å². The molecule has 4 rings (SSSR count). The molecular weight excluding hydrogens is 378 g/mol. The molecule has 0 fully saturated rings. The number of benzene rings is 2. The molecule has 0 unspecified atom stereocenters. The predicted octanol–water partition coefficient (Wildman–Crippen LogP) is 4.17. The largest absolute Gasteiger partial charge is 0.493 e. The summed E-state index contributed by atoms with van der Waals surface area (Å²) in [6.45, 7) is 3.18. The number of nitrogens with zero attached hydrogens (tertiary/aromatic N) is 2. The van der Waals surface area contributed by atoms with Gasteiger partial charge in [0.05, 0.1) is 17.5 Å². The van der Waals surface area contributed by atoms with Crippen molar-refractivity contribution >= 4 is 28.6 Å². The van der Waals surface area contributed by atoms with Crippen LogP contribution in [0.3, 0.4) is 0 Å². The number of hydrogen-bond donors (Lipinski definition) is 1. The summed E-state index contributed by atoms with van der Waals surface area (Å²) in [6, 6.07) is 12.8. The first kappa shape index (κ1) is 19.9. The number of aryl methyl sites for hydroxylation is 1. The highest BCUT2D eigenvalue weighted by Gasteiger charge is 2.14. The number of ether oxygens (including phenoxy) is 1. The van der Waals surface area contributed by atoms with Gasteiger partial charge in [-0.25, -0.2) is 4.98 Å². The molecule has 2 heterocycles. The minimum Gasteiger partial charge on any atom is -0.493 e. The SMILES string of the molecule is CCOc1ccccc1/C=C/C(=O)Nc1ccc2nc3n(c(=O)c2c1)CCCCC3. The minimum atomic E-state index is -0.275. The third-order valence-corrected chi connectivity index (χ3v) is 5.22. The Morgan fingerprint density at radius 3 is 2.93 bits per heavy atom. The van der Waals surface area contributed by atoms with Crippen LogP contribution in [0.15, 0.2) is 53.3 Å². The highest BCUT2D eigenvalue weighted by Crippen LogP contribution is 2.20. The van der Waals surface area contributed by atoms with Crippen LogP contribution in [0.4, 0.5) is 5.69 Å². The van der Waals surface area contributed by atoms with E-state index in [0.29, 0.717) is 29.7 Å². The van der Waals surface area contributed by atoms with E-state index in [2.05, 4.69) is 10.3 Å². The van der Waals surface area contributed by atoms with Crippen LogP contribution in [-0.4, -0.2) is 22.1 Å². The van der Waals surface area contributed by atoms with Crippen LogP contribution in [-0.2, 0) is 17.8 Å². The van der Waals surface area contributed by atoms with Crippen LogP contribution in [0.2, 0.25) is 0 Å². The standard InChI is InChI=1S/C24H25N3O3/c1-2-30-21-9-6-5-8-17(21)11-14-23(28)25-18-12-13-20-19(16-18)24(29)27-15-7-3-4-10-22(27)26-20/h5-6,8-9,11-14,16H,2-4,7,10,15H2,1H3,(H,25,28)/b14-11+. The van der Waals surface area contributed by atoms with Crippen LogP contribution in [0.25, 0.3) is 17.0 Å². The molecule has 2 aromatic carbocycles. The van der Waals surface area contributed by atoms with Crippen LogP contribution < -0.4 is 15.6 Å². The summed E-state index contributed by atoms with van der Waals surface area (Å²) in [5.41, 5.74) is 2.04. The molecule has 1 aliphatic rings. The van der Waals surface area contributed by atoms with Gasteiger partial charge in [0.2, 0.25) is 5.91 Å². The van der Waals surface area contributed by atoms with Gasteiger partial charge in [0, 0.05) is 30.3 Å². The smallest absolute Gasteiger partial charge is 0.261 e. The fraction of sp³-hybridized carbons (Fsp3) is 0.292. The van der Waals surface area contributed by atoms with Crippen molar-refractivity contribution in [3.8, 4) is 5.75 Å². The van der Waals surface area contributed by atoms with E-state index in [4.69, 9.17) is 4.74 Å². The van der Waals surface area contributed by atoms with Gasteiger partial charge in [-0.05, 0) is 50.1 Å². The lowest BCUT2D eigenvalue weighted by atomic mass is 10.2. The van der Waals surface area contributed by atoms with Gasteiger partial charge in [-0.15, -0.1) is 0 Å². The zero-order valence-corrected chi connectivity index (χ0v) is 17.1. The van der Waals surface area contributed by atoms with Gasteiger partial charge in [-0.1, -0.05) is 24.6 Å². The lowest BCUT2D eigenvalue weighted by Gasteiger charge is -2.11. The van der Waals surface area contributed by atoms with Gasteiger partial charge in [-0.2, -0.15) is 0 Å². The van der Waals surface area contributed by atoms with Gasteiger partial charge < -0.3 is 10.1 Å². The lowest BCUT2D eigenvalue weighted by Crippen LogP contribution is -2.24. The van der Waals surface area contributed by atoms with E-state index in [9.17, 15) is 9.59 Å². The quantitative estimate of drug-likeness (QED) is 0.649. The van der Waals surface area contributed by atoms with Gasteiger partial charge in [0.25, 0.3) is 5.56 Å². The topological polar surface area (TPSA) is 73.2 Å². The molecule has 0 spiro atoms. The number of amides is 1. The van der Waals surface area contributed by atoms with Gasteiger partial charge in [0.15, 0.2) is 0 Å². The van der Waals surface area contributed by atoms with Crippen LogP contribution in [0.5, 0.6) is 5.75 Å². The van der Waals surface area contributed by atoms with E-state index in [0.717, 1.165) is 42.8 Å². The number of carbonyl (C=O) groups excluding carboxylic acids is 1. The summed E-state index contributed by atoms with van der Waals surface area (Å²) >= 11 is 0. The first-order valence-corrected chi connectivity index (χ1v) is 10.4. The van der Waals surface area contributed by atoms with E-state index in [1.807, 2.05) is 31.2 Å². The molecular formula is C24H25N3O3. The Morgan fingerprint density at radius 2 is 2.07 bits per heavy atom. The number of anilines is 1. The number of hydrogen-bond acceptors (Lipinski definition) is 4. The van der Waals surface area contributed by atoms with Crippen molar-refractivity contribution in [2.24, 2.45) is 0 Å². The molecule has 0 aliphatic carbocycles. The molecule has 30 heavy (non-hydrogen) atoms. The van der Waals surface area contributed by atoms with E-state index in [1.165, 1.54) is 6.08 Å². The summed E-state index contributed by atoms with van der Waals surface area (Å²) in [5.74, 6) is 1.32. The zero-order valence-electron chi connectivity index (χ0n) is 17.1. The van der Waals surface area contributed by atoms with E-state index >= 15 is 0 Å². The highest BCUT2D eigenvalue weighted by atomic mass is 16.5. The molecule has 6 nitrogen and oxygen atoms in total. The Bertz CT molecular complexity index is 1160. The fourth-order valence-electron chi connectivity index (χ4n) is 3.75. The van der Waals surface area contributed by atoms with Crippen molar-refractivity contribution in [2.45, 2.75) is 39.2 Å². The second-order valence-corrected chi connectivity index (χ2v) is 7.32. The summed E-state index contributed by atoms with van der Waals surface area (Å²) < 4.78 is 7.36. The summed E-state index contributed by atoms with van der Waals surface area (Å²) in [4.78, 5) is 30.1. The predicted molar refractivity (Wildman–Crippen MR) is 119 cm³/mol. The minimum absolute atomic E-state index is 0.0332. The third-order valence-electron chi connectivity index (χ3n) is 5.22. The zero-order chi connectivity index (χ0) is 20.9. The molecule has 154 valence electrons. The van der Waals surface area contributed by atoms with E-state index in [-0.39, 0.29) is 11.5 Å². The summed E-state index contributed by atoms with van der Waals surface area (Å²) in [7, 11) is 0. The average molecular weight is 403 g/mol. The normalized spacial score (nSPS) is 13.8. The fourth-order valence-corrected chi connectivity index (χ4v) is 3.75. The Balaban J connectivity index is 1.56. The van der Waals surface area contributed by atoms with Crippen molar-refractivity contribution in [3.63, 3.8) is 0 Å². The average Bonchev–Trinajstić information content (AvgIpc) is 3.00. The molecule has 0 atom stereocenters. The first-order valence-electron chi connectivity index (χ1n) is 10.4. The number of fused-ring (bicyclic) bond motifs is 2. The van der Waals surface area contributed by atoms with Crippen molar-refractivity contribution in [2.75, 3.05) is 11.9 Å². The molecule has 0 radical (unpaired) electrons. The molecule has 1 N–H and O–H groups in total. The second-order valence-electron chi connectivity index (χ2n) is 7.32. The Kier molecular flexibility index (Phi) is 5.93. The van der Waals surface area contributed by atoms with E-state index in [1.54, 1.807) is 28.8 Å². The van der Waals surface area contributed by atoms with Gasteiger partial charge >= 0.3 is 0 Å². The van der Waals surface area contributed by atoms with Crippen LogP contribution in [0, 0.1) is 0 Å². The first-order chi connectivity index (χ1) is 14.7. The Morgan fingerprint density at radius 1 is 1.20 bits per heavy atom. The molecule has 6 heteroatoms. The van der Waals surface area contributed by atoms with Crippen molar-refractivity contribution in [3.05, 3.63) is 70.3 Å². The Hall–Kier alpha value is -3.41. The second kappa shape index (κ2) is 8.95. The molecule has 1 aliphatic heterocycles. The number of nitrogens with one attached hydrogen (secondary N) is 1. The lowest BCUT2D eigenvalue weighted by molar-refractivity contribution is -0.111. The van der Waals surface area contributed by atoms with Crippen LogP contribution >= 0.6 is 0 Å². The molecule has 1 amide bonds. The highest BCUT2D eigenvalue weighted by molar-refractivity contribution is 6.03. The molecule has 0 bridgehead atoms. The summed E-state index contributed by atoms with van der Waals surface area (Å²) in [6.07, 6.45) is 7.17. The summed E-state index contributed by atoms with van der Waals surface area (Å²) in [5, 5.41) is 3.36. The number of carbonyl (C=O) groups is 1. The molecule has 0 saturated heterocycles. The van der Waals surface area contributed by atoms with Crippen molar-refractivity contribution in [1.82, 2.24) is 9.55 Å². The Labute approximate surface area is 175 Å².